The van der Waals surface area contributed by atoms with Crippen LogP contribution in [0.2, 0.25) is 5.02 Å². The molecule has 20 heavy (non-hydrogen) atoms. The predicted molar refractivity (Wildman–Crippen MR) is 79.8 cm³/mol. The zero-order valence-corrected chi connectivity index (χ0v) is 12.9. The molecule has 0 fully saturated rings. The Morgan fingerprint density at radius 1 is 1.15 bits per heavy atom. The Morgan fingerprint density at radius 3 is 2.35 bits per heavy atom. The number of halogens is 1. The van der Waals surface area contributed by atoms with Gasteiger partial charge in [0.05, 0.1) is 10.5 Å². The summed E-state index contributed by atoms with van der Waals surface area (Å²) in [7, 11) is -3.19. The molecule has 0 bridgehead atoms. The zero-order chi connectivity index (χ0) is 14.8. The molecular weight excluding hydrogens is 314 g/mol. The average molecular weight is 324 g/mol. The maximum atomic E-state index is 11.4. The quantitative estimate of drug-likeness (QED) is 0.862. The maximum absolute atomic E-state index is 11.4. The molecule has 3 nitrogen and oxygen atoms in total. The van der Waals surface area contributed by atoms with Gasteiger partial charge >= 0.3 is 0 Å². The molecule has 0 saturated heterocycles. The Morgan fingerprint density at radius 2 is 1.80 bits per heavy atom. The van der Waals surface area contributed by atoms with Crippen molar-refractivity contribution in [1.82, 2.24) is 0 Å². The van der Waals surface area contributed by atoms with Gasteiger partial charge < -0.3 is 0 Å². The molecule has 0 heterocycles. The van der Waals surface area contributed by atoms with Gasteiger partial charge in [0.25, 0.3) is 0 Å². The predicted octanol–water partition coefficient (Wildman–Crippen LogP) is 3.77. The van der Waals surface area contributed by atoms with E-state index in [0.717, 1.165) is 9.79 Å². The first-order chi connectivity index (χ1) is 9.40. The van der Waals surface area contributed by atoms with Gasteiger partial charge in [0.2, 0.25) is 0 Å². The van der Waals surface area contributed by atoms with Crippen LogP contribution in [0.4, 0.5) is 0 Å². The minimum Gasteiger partial charge on any atom is -0.224 e. The topological polar surface area (TPSA) is 57.9 Å². The van der Waals surface area contributed by atoms with Crippen molar-refractivity contribution in [3.63, 3.8) is 0 Å². The van der Waals surface area contributed by atoms with Gasteiger partial charge in [0.15, 0.2) is 9.84 Å². The highest BCUT2D eigenvalue weighted by molar-refractivity contribution is 7.99. The molecule has 0 atom stereocenters. The molecule has 0 aliphatic rings. The highest BCUT2D eigenvalue weighted by atomic mass is 35.5. The van der Waals surface area contributed by atoms with Crippen molar-refractivity contribution in [2.24, 2.45) is 0 Å². The first-order valence-corrected chi connectivity index (χ1v) is 8.66. The largest absolute Gasteiger partial charge is 0.224 e. The van der Waals surface area contributed by atoms with E-state index in [0.29, 0.717) is 10.6 Å². The molecule has 0 radical (unpaired) electrons. The molecule has 0 N–H and O–H groups in total. The summed E-state index contributed by atoms with van der Waals surface area (Å²) in [5.41, 5.74) is 0.534. The monoisotopic (exact) mass is 323 g/mol. The second-order valence-electron chi connectivity index (χ2n) is 4.10. The van der Waals surface area contributed by atoms with Gasteiger partial charge in [-0.3, -0.25) is 0 Å². The highest BCUT2D eigenvalue weighted by Crippen LogP contribution is 2.32. The van der Waals surface area contributed by atoms with E-state index >= 15 is 0 Å². The lowest BCUT2D eigenvalue weighted by molar-refractivity contribution is 0.602. The number of nitrogens with zero attached hydrogens (tertiary/aromatic N) is 1. The Bertz CT molecular complexity index is 778. The van der Waals surface area contributed by atoms with Gasteiger partial charge in [-0.05, 0) is 42.5 Å². The summed E-state index contributed by atoms with van der Waals surface area (Å²) in [4.78, 5) is 1.86. The molecule has 0 amide bonds. The first-order valence-electron chi connectivity index (χ1n) is 5.58. The Kier molecular flexibility index (Phi) is 4.39. The SMILES string of the molecule is CS(=O)(=O)c1ccc(Sc2cc(Cl)ccc2C#N)cc1. The van der Waals surface area contributed by atoms with E-state index in [4.69, 9.17) is 16.9 Å². The minimum atomic E-state index is -3.19. The molecule has 102 valence electrons. The zero-order valence-electron chi connectivity index (χ0n) is 10.5. The number of sulfone groups is 1. The van der Waals surface area contributed by atoms with Crippen LogP contribution in [0.25, 0.3) is 0 Å². The molecule has 6 heteroatoms. The normalized spacial score (nSPS) is 11.1. The highest BCUT2D eigenvalue weighted by Gasteiger charge is 2.08. The van der Waals surface area contributed by atoms with Crippen molar-refractivity contribution in [2.75, 3.05) is 6.26 Å². The van der Waals surface area contributed by atoms with Crippen molar-refractivity contribution in [1.29, 1.82) is 5.26 Å². The number of hydrogen-bond donors (Lipinski definition) is 0. The van der Waals surface area contributed by atoms with Crippen LogP contribution >= 0.6 is 23.4 Å². The Hall–Kier alpha value is -1.48. The molecule has 0 aromatic heterocycles. The van der Waals surface area contributed by atoms with Gasteiger partial charge in [-0.1, -0.05) is 23.4 Å². The Balaban J connectivity index is 2.32. The molecule has 0 aliphatic carbocycles. The van der Waals surface area contributed by atoms with E-state index in [1.54, 1.807) is 42.5 Å². The van der Waals surface area contributed by atoms with E-state index in [-0.39, 0.29) is 4.90 Å². The molecule has 0 unspecified atom stereocenters. The number of nitriles is 1. The first kappa shape index (κ1) is 14.9. The summed E-state index contributed by atoms with van der Waals surface area (Å²) in [5.74, 6) is 0. The van der Waals surface area contributed by atoms with Crippen LogP contribution in [0.3, 0.4) is 0 Å². The number of benzene rings is 2. The minimum absolute atomic E-state index is 0.272. The average Bonchev–Trinajstić information content (AvgIpc) is 2.38. The third kappa shape index (κ3) is 3.54. The lowest BCUT2D eigenvalue weighted by atomic mass is 10.2. The van der Waals surface area contributed by atoms with Gasteiger partial charge in [0, 0.05) is 21.1 Å². The van der Waals surface area contributed by atoms with Crippen molar-refractivity contribution >= 4 is 33.2 Å². The second kappa shape index (κ2) is 5.88. The smallest absolute Gasteiger partial charge is 0.175 e. The standard InChI is InChI=1S/C14H10ClNO2S2/c1-20(17,18)13-6-4-12(5-7-13)19-14-8-11(15)3-2-10(14)9-16/h2-8H,1H3. The maximum Gasteiger partial charge on any atom is 0.175 e. The van der Waals surface area contributed by atoms with Crippen LogP contribution in [0.15, 0.2) is 57.2 Å². The number of hydrogen-bond acceptors (Lipinski definition) is 4. The van der Waals surface area contributed by atoms with Crippen molar-refractivity contribution in [2.45, 2.75) is 14.7 Å². The van der Waals surface area contributed by atoms with Gasteiger partial charge in [0.1, 0.15) is 6.07 Å². The van der Waals surface area contributed by atoms with Crippen LogP contribution in [-0.2, 0) is 9.84 Å². The lowest BCUT2D eigenvalue weighted by Crippen LogP contribution is -1.95. The van der Waals surface area contributed by atoms with E-state index in [9.17, 15) is 8.42 Å². The van der Waals surface area contributed by atoms with Crippen molar-refractivity contribution in [3.8, 4) is 6.07 Å². The lowest BCUT2D eigenvalue weighted by Gasteiger charge is -2.05. The molecular formula is C14H10ClNO2S2. The second-order valence-corrected chi connectivity index (χ2v) is 7.67. The van der Waals surface area contributed by atoms with Crippen molar-refractivity contribution in [3.05, 3.63) is 53.1 Å². The van der Waals surface area contributed by atoms with Gasteiger partial charge in [-0.25, -0.2) is 8.42 Å². The van der Waals surface area contributed by atoms with Crippen LogP contribution < -0.4 is 0 Å². The fourth-order valence-electron chi connectivity index (χ4n) is 1.55. The third-order valence-corrected chi connectivity index (χ3v) is 4.97. The number of rotatable bonds is 3. The third-order valence-electron chi connectivity index (χ3n) is 2.54. The summed E-state index contributed by atoms with van der Waals surface area (Å²) in [6.07, 6.45) is 1.17. The Labute approximate surface area is 127 Å². The summed E-state index contributed by atoms with van der Waals surface area (Å²) in [5, 5.41) is 9.61. The van der Waals surface area contributed by atoms with Gasteiger partial charge in [-0.2, -0.15) is 5.26 Å². The van der Waals surface area contributed by atoms with Gasteiger partial charge in [-0.15, -0.1) is 0 Å². The summed E-state index contributed by atoms with van der Waals surface area (Å²) in [6.45, 7) is 0. The van der Waals surface area contributed by atoms with E-state index in [1.165, 1.54) is 18.0 Å². The molecule has 0 spiro atoms. The molecule has 2 aromatic rings. The fraction of sp³-hybridized carbons (Fsp3) is 0.0714. The molecule has 2 aromatic carbocycles. The van der Waals surface area contributed by atoms with Crippen LogP contribution in [0, 0.1) is 11.3 Å². The van der Waals surface area contributed by atoms with Crippen molar-refractivity contribution < 1.29 is 8.42 Å². The van der Waals surface area contributed by atoms with E-state index in [2.05, 4.69) is 6.07 Å². The molecule has 2 rings (SSSR count). The fourth-order valence-corrected chi connectivity index (χ4v) is 3.36. The molecule has 0 aliphatic heterocycles. The summed E-state index contributed by atoms with van der Waals surface area (Å²) in [6, 6.07) is 13.7. The van der Waals surface area contributed by atoms with Crippen LogP contribution in [-0.4, -0.2) is 14.7 Å². The van der Waals surface area contributed by atoms with Crippen LogP contribution in [0.5, 0.6) is 0 Å². The van der Waals surface area contributed by atoms with Crippen LogP contribution in [0.1, 0.15) is 5.56 Å². The van der Waals surface area contributed by atoms with E-state index in [1.807, 2.05) is 0 Å². The molecule has 0 saturated carbocycles. The summed E-state index contributed by atoms with van der Waals surface area (Å²) < 4.78 is 22.8. The summed E-state index contributed by atoms with van der Waals surface area (Å²) >= 11 is 7.29. The van der Waals surface area contributed by atoms with E-state index < -0.39 is 9.84 Å².